The van der Waals surface area contributed by atoms with Crippen LogP contribution in [-0.2, 0) is 6.18 Å². The number of carbonyl (C=O) groups is 1. The van der Waals surface area contributed by atoms with Crippen molar-refractivity contribution in [1.82, 2.24) is 10.4 Å². The molecule has 4 nitrogen and oxygen atoms in total. The van der Waals surface area contributed by atoms with Gasteiger partial charge in [-0.25, -0.2) is 0 Å². The smallest absolute Gasteiger partial charge is 0.368 e. The van der Waals surface area contributed by atoms with E-state index in [-0.39, 0.29) is 5.56 Å². The van der Waals surface area contributed by atoms with Gasteiger partial charge in [0.2, 0.25) is 0 Å². The van der Waals surface area contributed by atoms with Crippen molar-refractivity contribution in [3.8, 4) is 0 Å². The molecule has 0 fully saturated rings. The van der Waals surface area contributed by atoms with E-state index in [1.165, 1.54) is 12.3 Å². The Hall–Kier alpha value is -2.02. The zero-order valence-electron chi connectivity index (χ0n) is 8.98. The molecule has 2 rings (SSSR count). The Labute approximate surface area is 100 Å². The van der Waals surface area contributed by atoms with Crippen LogP contribution in [0.4, 0.5) is 13.2 Å². The minimum absolute atomic E-state index is 0.0792. The number of hydrogen-bond acceptors (Lipinski definition) is 3. The Morgan fingerprint density at radius 1 is 1.28 bits per heavy atom. The predicted octanol–water partition coefficient (Wildman–Crippen LogP) is 1.50. The number of alkyl halides is 3. The van der Waals surface area contributed by atoms with E-state index in [1.807, 2.05) is 0 Å². The van der Waals surface area contributed by atoms with Crippen LogP contribution in [0, 0.1) is 0 Å². The van der Waals surface area contributed by atoms with Crippen molar-refractivity contribution in [3.05, 3.63) is 47.7 Å². The molecule has 0 aliphatic carbocycles. The van der Waals surface area contributed by atoms with Crippen LogP contribution in [-0.4, -0.2) is 22.3 Å². The first-order valence-electron chi connectivity index (χ1n) is 5.01. The van der Waals surface area contributed by atoms with Crippen LogP contribution in [0.5, 0.6) is 0 Å². The normalized spacial score (nSPS) is 18.4. The first-order valence-corrected chi connectivity index (χ1v) is 5.01. The third-order valence-corrected chi connectivity index (χ3v) is 2.41. The van der Waals surface area contributed by atoms with Crippen molar-refractivity contribution in [2.24, 2.45) is 0 Å². The second kappa shape index (κ2) is 4.34. The lowest BCUT2D eigenvalue weighted by molar-refractivity contribution is -0.137. The topological polar surface area (TPSA) is 52.6 Å². The summed E-state index contributed by atoms with van der Waals surface area (Å²) in [6, 6.07) is 3.82. The number of aliphatic hydroxyl groups is 1. The van der Waals surface area contributed by atoms with Crippen LogP contribution < -0.4 is 5.43 Å². The second-order valence-electron chi connectivity index (χ2n) is 3.68. The van der Waals surface area contributed by atoms with Gasteiger partial charge in [-0.1, -0.05) is 0 Å². The maximum atomic E-state index is 12.3. The number of nitrogens with one attached hydrogen (secondary N) is 1. The number of halogens is 3. The third-order valence-electron chi connectivity index (χ3n) is 2.41. The molecule has 1 aliphatic rings. The molecule has 0 saturated carbocycles. The van der Waals surface area contributed by atoms with Crippen LogP contribution in [0.25, 0.3) is 0 Å². The molecule has 1 aromatic rings. The van der Waals surface area contributed by atoms with Gasteiger partial charge in [0.15, 0.2) is 6.23 Å². The largest absolute Gasteiger partial charge is 0.416 e. The Morgan fingerprint density at radius 2 is 1.89 bits per heavy atom. The quantitative estimate of drug-likeness (QED) is 0.845. The fourth-order valence-corrected chi connectivity index (χ4v) is 1.34. The molecule has 1 heterocycles. The molecule has 7 heteroatoms. The lowest BCUT2D eigenvalue weighted by atomic mass is 10.1. The van der Waals surface area contributed by atoms with Gasteiger partial charge >= 0.3 is 6.18 Å². The molecule has 96 valence electrons. The molecule has 0 spiro atoms. The van der Waals surface area contributed by atoms with Gasteiger partial charge in [0.25, 0.3) is 5.91 Å². The summed E-state index contributed by atoms with van der Waals surface area (Å²) in [5.74, 6) is -0.591. The highest BCUT2D eigenvalue weighted by Gasteiger charge is 2.30. The number of aliphatic hydroxyl groups excluding tert-OH is 1. The average molecular weight is 258 g/mol. The summed E-state index contributed by atoms with van der Waals surface area (Å²) in [7, 11) is 0. The van der Waals surface area contributed by atoms with Gasteiger partial charge in [-0.2, -0.15) is 13.2 Å². The van der Waals surface area contributed by atoms with Crippen molar-refractivity contribution < 1.29 is 23.1 Å². The second-order valence-corrected chi connectivity index (χ2v) is 3.68. The van der Waals surface area contributed by atoms with Crippen molar-refractivity contribution in [2.75, 3.05) is 0 Å². The molecule has 0 radical (unpaired) electrons. The van der Waals surface area contributed by atoms with Crippen molar-refractivity contribution in [3.63, 3.8) is 0 Å². The van der Waals surface area contributed by atoms with Crippen molar-refractivity contribution >= 4 is 5.91 Å². The summed E-state index contributed by atoms with van der Waals surface area (Å²) < 4.78 is 36.9. The van der Waals surface area contributed by atoms with Crippen LogP contribution in [0.2, 0.25) is 0 Å². The first kappa shape index (κ1) is 12.4. The van der Waals surface area contributed by atoms with Gasteiger partial charge in [0.05, 0.1) is 5.56 Å². The van der Waals surface area contributed by atoms with Gasteiger partial charge in [0, 0.05) is 11.8 Å². The minimum atomic E-state index is -4.43. The number of benzene rings is 1. The fraction of sp³-hybridized carbons (Fsp3) is 0.182. The Morgan fingerprint density at radius 3 is 2.28 bits per heavy atom. The maximum Gasteiger partial charge on any atom is 0.416 e. The summed E-state index contributed by atoms with van der Waals surface area (Å²) in [6.45, 7) is 0. The molecule has 18 heavy (non-hydrogen) atoms. The molecule has 0 saturated heterocycles. The van der Waals surface area contributed by atoms with Gasteiger partial charge in [-0.15, -0.1) is 0 Å². The summed E-state index contributed by atoms with van der Waals surface area (Å²) in [5, 5.41) is 10.3. The summed E-state index contributed by atoms with van der Waals surface area (Å²) in [6.07, 6.45) is -2.45. The molecule has 0 bridgehead atoms. The van der Waals surface area contributed by atoms with Crippen LogP contribution in [0.1, 0.15) is 15.9 Å². The molecule has 1 aromatic carbocycles. The lowest BCUT2D eigenvalue weighted by Gasteiger charge is -2.31. The van der Waals surface area contributed by atoms with E-state index < -0.39 is 23.9 Å². The Bertz CT molecular complexity index is 482. The molecule has 1 atom stereocenters. The maximum absolute atomic E-state index is 12.3. The molecular weight excluding hydrogens is 249 g/mol. The molecule has 0 aromatic heterocycles. The van der Waals surface area contributed by atoms with E-state index in [9.17, 15) is 18.0 Å². The Balaban J connectivity index is 2.05. The number of amides is 1. The first-order chi connectivity index (χ1) is 8.38. The van der Waals surface area contributed by atoms with Gasteiger partial charge in [0.1, 0.15) is 0 Å². The monoisotopic (exact) mass is 258 g/mol. The molecule has 1 amide bonds. The zero-order chi connectivity index (χ0) is 13.3. The third kappa shape index (κ3) is 2.45. The average Bonchev–Trinajstić information content (AvgIpc) is 2.33. The van der Waals surface area contributed by atoms with Gasteiger partial charge in [-0.05, 0) is 30.3 Å². The standard InChI is InChI=1S/C11H9F3N2O2/c12-11(13,14)8-3-1-7(2-4-8)10(18)15-16-6-5-9(16)17/h1-6,9,17H,(H,15,18). The predicted molar refractivity (Wildman–Crippen MR) is 55.9 cm³/mol. The van der Waals surface area contributed by atoms with E-state index in [0.717, 1.165) is 29.3 Å². The summed E-state index contributed by atoms with van der Waals surface area (Å²) >= 11 is 0. The Kier molecular flexibility index (Phi) is 3.00. The lowest BCUT2D eigenvalue weighted by Crippen LogP contribution is -2.48. The highest BCUT2D eigenvalue weighted by atomic mass is 19.4. The van der Waals surface area contributed by atoms with E-state index in [2.05, 4.69) is 5.43 Å². The highest BCUT2D eigenvalue weighted by Crippen LogP contribution is 2.29. The number of carbonyl (C=O) groups excluding carboxylic acids is 1. The number of rotatable bonds is 2. The van der Waals surface area contributed by atoms with E-state index >= 15 is 0 Å². The number of hydrazine groups is 1. The SMILES string of the molecule is O=C(NN1C=CC1O)c1ccc(C(F)(F)F)cc1. The highest BCUT2D eigenvalue weighted by molar-refractivity contribution is 5.94. The van der Waals surface area contributed by atoms with E-state index in [0.29, 0.717) is 0 Å². The molecule has 2 N–H and O–H groups in total. The molecule has 1 unspecified atom stereocenters. The van der Waals surface area contributed by atoms with Crippen molar-refractivity contribution in [2.45, 2.75) is 12.4 Å². The number of nitrogens with zero attached hydrogens (tertiary/aromatic N) is 1. The van der Waals surface area contributed by atoms with Crippen LogP contribution in [0.3, 0.4) is 0 Å². The van der Waals surface area contributed by atoms with Crippen LogP contribution >= 0.6 is 0 Å². The van der Waals surface area contributed by atoms with Crippen molar-refractivity contribution in [1.29, 1.82) is 0 Å². The summed E-state index contributed by atoms with van der Waals surface area (Å²) in [4.78, 5) is 11.6. The molecular formula is C11H9F3N2O2. The zero-order valence-corrected chi connectivity index (χ0v) is 8.98. The fourth-order valence-electron chi connectivity index (χ4n) is 1.34. The van der Waals surface area contributed by atoms with Gasteiger partial charge in [-0.3, -0.25) is 15.2 Å². The van der Waals surface area contributed by atoms with Gasteiger partial charge < -0.3 is 5.11 Å². The molecule has 1 aliphatic heterocycles. The number of hydrogen-bond donors (Lipinski definition) is 2. The van der Waals surface area contributed by atoms with E-state index in [4.69, 9.17) is 5.11 Å². The van der Waals surface area contributed by atoms with E-state index in [1.54, 1.807) is 0 Å². The van der Waals surface area contributed by atoms with Crippen LogP contribution in [0.15, 0.2) is 36.5 Å². The minimum Gasteiger partial charge on any atom is -0.368 e. The summed E-state index contributed by atoms with van der Waals surface area (Å²) in [5.41, 5.74) is 1.58.